The Bertz CT molecular complexity index is 262. The molecule has 0 radical (unpaired) electrons. The summed E-state index contributed by atoms with van der Waals surface area (Å²) in [6.45, 7) is 9.70. The number of hydrogen-bond acceptors (Lipinski definition) is 2. The van der Waals surface area contributed by atoms with Gasteiger partial charge in [-0.25, -0.2) is 0 Å². The van der Waals surface area contributed by atoms with Gasteiger partial charge in [0.1, 0.15) is 0 Å². The molecule has 0 aromatic carbocycles. The zero-order valence-corrected chi connectivity index (χ0v) is 13.5. The maximum atomic E-state index is 3.90. The maximum absolute atomic E-state index is 3.90. The van der Waals surface area contributed by atoms with E-state index in [1.165, 1.54) is 38.5 Å². The molecule has 1 aliphatic carbocycles. The molecule has 0 heterocycles. The summed E-state index contributed by atoms with van der Waals surface area (Å²) in [5.41, 5.74) is 0.343. The Labute approximate surface area is 120 Å². The van der Waals surface area contributed by atoms with Crippen molar-refractivity contribution in [3.05, 3.63) is 12.7 Å². The summed E-state index contributed by atoms with van der Waals surface area (Å²) in [4.78, 5) is 2.50. The van der Waals surface area contributed by atoms with Crippen LogP contribution in [0.3, 0.4) is 0 Å². The van der Waals surface area contributed by atoms with Gasteiger partial charge in [-0.3, -0.25) is 0 Å². The van der Waals surface area contributed by atoms with E-state index >= 15 is 0 Å². The summed E-state index contributed by atoms with van der Waals surface area (Å²) < 4.78 is 0. The molecule has 3 unspecified atom stereocenters. The summed E-state index contributed by atoms with van der Waals surface area (Å²) >= 11 is 0. The van der Waals surface area contributed by atoms with Crippen molar-refractivity contribution >= 4 is 0 Å². The minimum absolute atomic E-state index is 0.343. The Hall–Kier alpha value is -0.340. The van der Waals surface area contributed by atoms with E-state index in [9.17, 15) is 0 Å². The fourth-order valence-corrected chi connectivity index (χ4v) is 3.76. The zero-order chi connectivity index (χ0) is 14.3. The van der Waals surface area contributed by atoms with Crippen LogP contribution >= 0.6 is 0 Å². The normalized spacial score (nSPS) is 29.4. The first kappa shape index (κ1) is 16.7. The predicted octanol–water partition coefficient (Wildman–Crippen LogP) is 3.83. The average molecular weight is 266 g/mol. The molecule has 1 rings (SSSR count). The predicted molar refractivity (Wildman–Crippen MR) is 85.6 cm³/mol. The van der Waals surface area contributed by atoms with Crippen LogP contribution < -0.4 is 5.32 Å². The summed E-state index contributed by atoms with van der Waals surface area (Å²) in [5.74, 6) is 0.853. The fraction of sp³-hybridized carbons (Fsp3) is 0.882. The highest BCUT2D eigenvalue weighted by Gasteiger charge is 2.42. The molecule has 19 heavy (non-hydrogen) atoms. The van der Waals surface area contributed by atoms with Crippen molar-refractivity contribution < 1.29 is 0 Å². The third kappa shape index (κ3) is 4.32. The molecular weight excluding hydrogens is 232 g/mol. The number of allylic oxidation sites excluding steroid dienone is 1. The highest BCUT2D eigenvalue weighted by molar-refractivity contribution is 5.02. The maximum Gasteiger partial charge on any atom is 0.0359 e. The lowest BCUT2D eigenvalue weighted by atomic mass is 9.70. The smallest absolute Gasteiger partial charge is 0.0359 e. The van der Waals surface area contributed by atoms with Crippen LogP contribution in [0.15, 0.2) is 12.7 Å². The second kappa shape index (κ2) is 8.06. The van der Waals surface area contributed by atoms with Crippen LogP contribution in [0.1, 0.15) is 58.8 Å². The van der Waals surface area contributed by atoms with Gasteiger partial charge >= 0.3 is 0 Å². The van der Waals surface area contributed by atoms with Crippen LogP contribution in [0, 0.1) is 5.92 Å². The van der Waals surface area contributed by atoms with Gasteiger partial charge < -0.3 is 10.2 Å². The first-order chi connectivity index (χ1) is 9.06. The Morgan fingerprint density at radius 1 is 1.47 bits per heavy atom. The summed E-state index contributed by atoms with van der Waals surface area (Å²) in [6.07, 6.45) is 11.1. The van der Waals surface area contributed by atoms with Gasteiger partial charge in [-0.1, -0.05) is 32.8 Å². The molecule has 0 aromatic rings. The zero-order valence-electron chi connectivity index (χ0n) is 13.5. The van der Waals surface area contributed by atoms with Gasteiger partial charge in [0.15, 0.2) is 0 Å². The highest BCUT2D eigenvalue weighted by atomic mass is 15.2. The molecule has 0 aliphatic heterocycles. The summed E-state index contributed by atoms with van der Waals surface area (Å²) in [7, 11) is 4.54. The third-order valence-electron chi connectivity index (χ3n) is 4.85. The van der Waals surface area contributed by atoms with E-state index in [0.717, 1.165) is 18.9 Å². The molecule has 2 nitrogen and oxygen atoms in total. The van der Waals surface area contributed by atoms with Crippen LogP contribution in [0.2, 0.25) is 0 Å². The summed E-state index contributed by atoms with van der Waals surface area (Å²) in [6, 6.07) is 0.600. The highest BCUT2D eigenvalue weighted by Crippen LogP contribution is 2.39. The second-order valence-corrected chi connectivity index (χ2v) is 6.57. The minimum atomic E-state index is 0.343. The van der Waals surface area contributed by atoms with E-state index in [1.807, 2.05) is 0 Å². The minimum Gasteiger partial charge on any atom is -0.312 e. The van der Waals surface area contributed by atoms with Crippen LogP contribution in [0.5, 0.6) is 0 Å². The van der Waals surface area contributed by atoms with Crippen LogP contribution in [0.25, 0.3) is 0 Å². The van der Waals surface area contributed by atoms with Gasteiger partial charge in [0.05, 0.1) is 0 Å². The number of nitrogens with one attached hydrogen (secondary N) is 1. The molecular formula is C17H34N2. The van der Waals surface area contributed by atoms with E-state index in [2.05, 4.69) is 50.8 Å². The first-order valence-electron chi connectivity index (χ1n) is 8.08. The standard InChI is InChI=1S/C17H34N2/c1-6-8-11-16(18-13-7-2)17(19(4)5)12-9-10-15(3)14-17/h6,15-16,18H,1,7-14H2,2-5H3. The molecule has 112 valence electrons. The lowest BCUT2D eigenvalue weighted by Crippen LogP contribution is -2.61. The lowest BCUT2D eigenvalue weighted by molar-refractivity contribution is 0.0347. The van der Waals surface area contributed by atoms with Gasteiger partial charge in [-0.2, -0.15) is 0 Å². The van der Waals surface area contributed by atoms with Gasteiger partial charge in [0, 0.05) is 11.6 Å². The second-order valence-electron chi connectivity index (χ2n) is 6.57. The average Bonchev–Trinajstić information content (AvgIpc) is 2.38. The summed E-state index contributed by atoms with van der Waals surface area (Å²) in [5, 5.41) is 3.83. The monoisotopic (exact) mass is 266 g/mol. The van der Waals surface area contributed by atoms with E-state index < -0.39 is 0 Å². The van der Waals surface area contributed by atoms with Crippen LogP contribution in [-0.4, -0.2) is 37.1 Å². The van der Waals surface area contributed by atoms with Crippen LogP contribution in [-0.2, 0) is 0 Å². The quantitative estimate of drug-likeness (QED) is 0.672. The van der Waals surface area contributed by atoms with E-state index in [-0.39, 0.29) is 0 Å². The van der Waals surface area contributed by atoms with E-state index in [0.29, 0.717) is 11.6 Å². The van der Waals surface area contributed by atoms with Crippen molar-refractivity contribution in [2.75, 3.05) is 20.6 Å². The van der Waals surface area contributed by atoms with E-state index in [4.69, 9.17) is 0 Å². The largest absolute Gasteiger partial charge is 0.312 e. The first-order valence-corrected chi connectivity index (χ1v) is 8.08. The topological polar surface area (TPSA) is 15.3 Å². The Balaban J connectivity index is 2.85. The number of hydrogen-bond donors (Lipinski definition) is 1. The molecule has 1 aliphatic rings. The van der Waals surface area contributed by atoms with Crippen LogP contribution in [0.4, 0.5) is 0 Å². The fourth-order valence-electron chi connectivity index (χ4n) is 3.76. The Kier molecular flexibility index (Phi) is 7.09. The van der Waals surface area contributed by atoms with Crippen molar-refractivity contribution in [2.45, 2.75) is 70.4 Å². The van der Waals surface area contributed by atoms with Crippen molar-refractivity contribution in [1.82, 2.24) is 10.2 Å². The van der Waals surface area contributed by atoms with Crippen molar-refractivity contribution in [2.24, 2.45) is 5.92 Å². The molecule has 2 heteroatoms. The Morgan fingerprint density at radius 3 is 2.74 bits per heavy atom. The third-order valence-corrected chi connectivity index (χ3v) is 4.85. The molecule has 0 amide bonds. The van der Waals surface area contributed by atoms with Gasteiger partial charge in [0.25, 0.3) is 0 Å². The molecule has 0 bridgehead atoms. The number of likely N-dealkylation sites (N-methyl/N-ethyl adjacent to an activating group) is 1. The Morgan fingerprint density at radius 2 is 2.21 bits per heavy atom. The molecule has 3 atom stereocenters. The molecule has 1 saturated carbocycles. The molecule has 0 saturated heterocycles. The van der Waals surface area contributed by atoms with Crippen molar-refractivity contribution in [1.29, 1.82) is 0 Å². The molecule has 0 spiro atoms. The molecule has 1 N–H and O–H groups in total. The van der Waals surface area contributed by atoms with Gasteiger partial charge in [-0.05, 0) is 58.7 Å². The molecule has 0 aromatic heterocycles. The molecule has 1 fully saturated rings. The van der Waals surface area contributed by atoms with Crippen molar-refractivity contribution in [3.8, 4) is 0 Å². The van der Waals surface area contributed by atoms with Gasteiger partial charge in [0.2, 0.25) is 0 Å². The van der Waals surface area contributed by atoms with E-state index in [1.54, 1.807) is 0 Å². The lowest BCUT2D eigenvalue weighted by Gasteiger charge is -2.50. The number of rotatable bonds is 8. The number of nitrogens with zero attached hydrogens (tertiary/aromatic N) is 1. The van der Waals surface area contributed by atoms with Crippen molar-refractivity contribution in [3.63, 3.8) is 0 Å². The SMILES string of the molecule is C=CCCC(NCCC)C1(N(C)C)CCCC(C)C1. The van der Waals surface area contributed by atoms with Gasteiger partial charge in [-0.15, -0.1) is 6.58 Å².